The Morgan fingerprint density at radius 1 is 0.923 bits per heavy atom. The summed E-state index contributed by atoms with van der Waals surface area (Å²) in [5.74, 6) is 2.13. The van der Waals surface area contributed by atoms with Gasteiger partial charge in [0, 0.05) is 80.8 Å². The molecule has 5 aliphatic rings. The van der Waals surface area contributed by atoms with Crippen molar-refractivity contribution in [3.05, 3.63) is 102 Å². The van der Waals surface area contributed by atoms with Crippen LogP contribution in [0.1, 0.15) is 102 Å². The fourth-order valence-electron chi connectivity index (χ4n) is 12.9. The smallest absolute Gasteiger partial charge is 0.254 e. The number of fused-ring (bicyclic) bond motifs is 2. The maximum atomic E-state index is 14.3. The number of anilines is 3. The van der Waals surface area contributed by atoms with Crippen molar-refractivity contribution >= 4 is 40.3 Å². The zero-order chi connectivity index (χ0) is 54.2. The van der Waals surface area contributed by atoms with Crippen LogP contribution in [0, 0.1) is 30.6 Å². The van der Waals surface area contributed by atoms with E-state index in [1.165, 1.54) is 4.90 Å². The molecule has 1 saturated carbocycles. The standard InChI is InChI=1S/C59H73N11O7S/c1-34(2)55(59(74)69-32-45(71)25-50(69)58(73)63-36(4)40-10-12-41(13-11-40)56-37(5)62-33-78-56)52-27-54(66-77-52)75-21-18-39-17-20-67(28-35(39)3)29-38-22-46(23-38)76-53-24-42(16-19-61-53)70-43-14-15-44(70)31-68(30-43)49-26-48(64-65-57(49)60)47-8-6-7-9-51(47)72/h6-13,16,19,24,26-27,33-36,38-39,43-46,50,55,71-72H,14-15,17-18,20-23,25,28-32H2,1-5H3,(H2,60,65)(H,63,73)/t35-,36-,38-,39-,43?,44?,45+,46-,50-,55-/m0/s1. The van der Waals surface area contributed by atoms with Gasteiger partial charge in [-0.05, 0) is 123 Å². The second-order valence-electron chi connectivity index (χ2n) is 22.9. The number of benzene rings is 2. The van der Waals surface area contributed by atoms with Crippen LogP contribution in [0.4, 0.5) is 17.2 Å². The van der Waals surface area contributed by atoms with Crippen LogP contribution in [0.5, 0.6) is 17.5 Å². The third kappa shape index (κ3) is 11.4. The van der Waals surface area contributed by atoms with Gasteiger partial charge in [0.15, 0.2) is 11.6 Å². The zero-order valence-electron chi connectivity index (χ0n) is 45.3. The Hall–Kier alpha value is -6.83. The van der Waals surface area contributed by atoms with Gasteiger partial charge in [-0.1, -0.05) is 57.2 Å². The van der Waals surface area contributed by atoms with Gasteiger partial charge in [0.2, 0.25) is 17.7 Å². The molecule has 5 N–H and O–H groups in total. The van der Waals surface area contributed by atoms with Gasteiger partial charge >= 0.3 is 0 Å². The van der Waals surface area contributed by atoms with Crippen LogP contribution in [-0.2, 0) is 9.59 Å². The minimum Gasteiger partial charge on any atom is -0.507 e. The number of para-hydroxylation sites is 1. The lowest BCUT2D eigenvalue weighted by molar-refractivity contribution is -0.141. The molecule has 4 saturated heterocycles. The molecular formula is C59H73N11O7S. The molecule has 11 rings (SSSR count). The van der Waals surface area contributed by atoms with Crippen molar-refractivity contribution < 1.29 is 33.8 Å². The molecule has 78 heavy (non-hydrogen) atoms. The predicted molar refractivity (Wildman–Crippen MR) is 299 cm³/mol. The number of phenolic OH excluding ortho intramolecular Hbond substituents is 1. The SMILES string of the molecule is Cc1ncsc1-c1ccc([C@H](C)NC(=O)[C@@H]2C[C@@H](O)CN2C(=O)[C@H](c2cc(OCC[C@@H]3CCN(C[C@H]4C[C@H](Oc5cc(N6C7CCC6CN(c6cc(-c8ccccc8O)nnc6N)C7)ccn5)C4)C[C@@H]3C)no2)C(C)C)cc1. The highest BCUT2D eigenvalue weighted by atomic mass is 32.1. The van der Waals surface area contributed by atoms with Gasteiger partial charge in [0.05, 0.1) is 46.2 Å². The molecule has 412 valence electrons. The topological polar surface area (TPSA) is 222 Å². The highest BCUT2D eigenvalue weighted by Crippen LogP contribution is 2.41. The Morgan fingerprint density at radius 3 is 2.44 bits per heavy atom. The zero-order valence-corrected chi connectivity index (χ0v) is 46.1. The van der Waals surface area contributed by atoms with E-state index in [4.69, 9.17) is 19.7 Å². The van der Waals surface area contributed by atoms with Gasteiger partial charge in [-0.15, -0.1) is 21.5 Å². The van der Waals surface area contributed by atoms with Crippen molar-refractivity contribution in [3.63, 3.8) is 0 Å². The van der Waals surface area contributed by atoms with Crippen molar-refractivity contribution in [3.8, 4) is 39.2 Å². The number of β-amino-alcohol motifs (C(OH)–C–C–N with tert-alkyl or cyclic N) is 1. The number of aromatic hydroxyl groups is 1. The number of aliphatic hydroxyl groups is 1. The maximum absolute atomic E-state index is 14.3. The van der Waals surface area contributed by atoms with Gasteiger partial charge < -0.3 is 54.9 Å². The number of amides is 2. The van der Waals surface area contributed by atoms with Gasteiger partial charge in [-0.3, -0.25) is 9.59 Å². The molecule has 4 aromatic heterocycles. The van der Waals surface area contributed by atoms with Crippen molar-refractivity contribution in [1.82, 2.24) is 40.4 Å². The predicted octanol–water partition coefficient (Wildman–Crippen LogP) is 8.27. The van der Waals surface area contributed by atoms with Crippen LogP contribution in [0.3, 0.4) is 0 Å². The molecule has 2 unspecified atom stereocenters. The van der Waals surface area contributed by atoms with E-state index >= 15 is 0 Å². The maximum Gasteiger partial charge on any atom is 0.254 e. The normalized spacial score (nSPS) is 25.0. The first-order chi connectivity index (χ1) is 37.7. The number of nitrogens with two attached hydrogens (primary N) is 1. The van der Waals surface area contributed by atoms with Gasteiger partial charge in [-0.25, -0.2) is 9.97 Å². The molecule has 0 radical (unpaired) electrons. The van der Waals surface area contributed by atoms with E-state index in [9.17, 15) is 19.8 Å². The number of hydrogen-bond donors (Lipinski definition) is 4. The average molecular weight is 1080 g/mol. The number of ether oxygens (including phenoxy) is 2. The van der Waals surface area contributed by atoms with Crippen LogP contribution in [-0.4, -0.2) is 133 Å². The monoisotopic (exact) mass is 1080 g/mol. The van der Waals surface area contributed by atoms with E-state index in [0.29, 0.717) is 71.0 Å². The largest absolute Gasteiger partial charge is 0.507 e. The molecule has 6 aromatic rings. The van der Waals surface area contributed by atoms with Crippen LogP contribution in [0.15, 0.2) is 89.0 Å². The molecule has 18 nitrogen and oxygen atoms in total. The minimum atomic E-state index is -0.821. The number of nitrogen functional groups attached to an aromatic ring is 1. The summed E-state index contributed by atoms with van der Waals surface area (Å²) in [4.78, 5) is 47.2. The van der Waals surface area contributed by atoms with Crippen LogP contribution < -0.4 is 30.3 Å². The molecule has 5 fully saturated rings. The first kappa shape index (κ1) is 53.2. The second kappa shape index (κ2) is 22.9. The molecule has 0 spiro atoms. The van der Waals surface area contributed by atoms with E-state index < -0.39 is 18.1 Å². The average Bonchev–Trinajstić information content (AvgIpc) is 4.31. The third-order valence-corrected chi connectivity index (χ3v) is 18.1. The summed E-state index contributed by atoms with van der Waals surface area (Å²) < 4.78 is 18.4. The van der Waals surface area contributed by atoms with E-state index in [2.05, 4.69) is 64.4 Å². The number of carbonyl (C=O) groups is 2. The summed E-state index contributed by atoms with van der Waals surface area (Å²) in [6.45, 7) is 15.5. The number of aromatic nitrogens is 5. The Balaban J connectivity index is 0.610. The second-order valence-corrected chi connectivity index (χ2v) is 23.7. The molecule has 4 aliphatic heterocycles. The summed E-state index contributed by atoms with van der Waals surface area (Å²) in [6, 6.07) is 22.6. The van der Waals surface area contributed by atoms with Crippen LogP contribution >= 0.6 is 11.3 Å². The quantitative estimate of drug-likeness (QED) is 0.0636. The lowest BCUT2D eigenvalue weighted by Crippen LogP contribution is -2.54. The Bertz CT molecular complexity index is 3040. The number of pyridine rings is 1. The van der Waals surface area contributed by atoms with E-state index in [0.717, 1.165) is 104 Å². The lowest BCUT2D eigenvalue weighted by Gasteiger charge is -2.44. The number of carbonyl (C=O) groups excluding carboxylic acids is 2. The Kier molecular flexibility index (Phi) is 15.6. The molecule has 1 aliphatic carbocycles. The lowest BCUT2D eigenvalue weighted by atomic mass is 9.80. The van der Waals surface area contributed by atoms with E-state index in [-0.39, 0.29) is 48.6 Å². The molecule has 19 heteroatoms. The molecule has 8 heterocycles. The van der Waals surface area contributed by atoms with Gasteiger partial charge in [0.25, 0.3) is 5.88 Å². The highest BCUT2D eigenvalue weighted by Gasteiger charge is 2.45. The molecule has 8 atom stereocenters. The number of piperidine rings is 1. The Labute approximate surface area is 460 Å². The van der Waals surface area contributed by atoms with E-state index in [1.54, 1.807) is 29.5 Å². The summed E-state index contributed by atoms with van der Waals surface area (Å²) in [5, 5.41) is 37.1. The van der Waals surface area contributed by atoms with Crippen molar-refractivity contribution in [2.75, 3.05) is 61.4 Å². The van der Waals surface area contributed by atoms with Crippen molar-refractivity contribution in [2.45, 2.75) is 122 Å². The molecule has 2 aromatic carbocycles. The first-order valence-corrected chi connectivity index (χ1v) is 28.8. The number of aryl methyl sites for hydroxylation is 1. The fourth-order valence-corrected chi connectivity index (χ4v) is 13.7. The number of hydrogen-bond acceptors (Lipinski definition) is 17. The van der Waals surface area contributed by atoms with E-state index in [1.807, 2.05) is 81.9 Å². The van der Waals surface area contributed by atoms with Crippen molar-refractivity contribution in [1.29, 1.82) is 0 Å². The van der Waals surface area contributed by atoms with Crippen LogP contribution in [0.2, 0.25) is 0 Å². The number of rotatable bonds is 18. The van der Waals surface area contributed by atoms with Gasteiger partial charge in [0.1, 0.15) is 23.8 Å². The van der Waals surface area contributed by atoms with Gasteiger partial charge in [-0.2, -0.15) is 0 Å². The molecule has 2 amide bonds. The summed E-state index contributed by atoms with van der Waals surface area (Å²) in [6.07, 6.45) is 7.55. The number of aliphatic hydroxyl groups excluding tert-OH is 1. The minimum absolute atomic E-state index is 0.0620. The molecule has 2 bridgehead atoms. The fraction of sp³-hybridized carbons (Fsp3) is 0.508. The summed E-state index contributed by atoms with van der Waals surface area (Å²) in [7, 11) is 0. The number of nitrogens with one attached hydrogen (secondary N) is 1. The summed E-state index contributed by atoms with van der Waals surface area (Å²) in [5.41, 5.74) is 14.5. The highest BCUT2D eigenvalue weighted by molar-refractivity contribution is 7.13. The number of nitrogens with zero attached hydrogens (tertiary/aromatic N) is 9. The van der Waals surface area contributed by atoms with Crippen LogP contribution in [0.25, 0.3) is 21.7 Å². The first-order valence-electron chi connectivity index (χ1n) is 27.9. The number of likely N-dealkylation sites (tertiary alicyclic amines) is 2. The summed E-state index contributed by atoms with van der Waals surface area (Å²) >= 11 is 1.60. The third-order valence-electron chi connectivity index (χ3n) is 17.1. The Morgan fingerprint density at radius 2 is 1.71 bits per heavy atom. The molecular weight excluding hydrogens is 1010 g/mol. The number of phenols is 1. The number of thiazole rings is 1. The number of piperazine rings is 1. The van der Waals surface area contributed by atoms with Crippen molar-refractivity contribution in [2.24, 2.45) is 23.7 Å².